The number of para-hydroxylation sites is 1. The molecule has 3 aromatic rings. The van der Waals surface area contributed by atoms with Gasteiger partial charge in [-0.15, -0.1) is 0 Å². The molecule has 0 N–H and O–H groups in total. The van der Waals surface area contributed by atoms with E-state index in [4.69, 9.17) is 18.6 Å². The van der Waals surface area contributed by atoms with Gasteiger partial charge in [-0.25, -0.2) is 4.79 Å². The first-order valence-electron chi connectivity index (χ1n) is 7.52. The largest absolute Gasteiger partial charge is 0.514 e. The van der Waals surface area contributed by atoms with Gasteiger partial charge in [0.15, 0.2) is 0 Å². The van der Waals surface area contributed by atoms with Crippen LogP contribution in [0.3, 0.4) is 0 Å². The van der Waals surface area contributed by atoms with Gasteiger partial charge >= 0.3 is 6.16 Å². The van der Waals surface area contributed by atoms with Gasteiger partial charge in [-0.1, -0.05) is 24.8 Å². The van der Waals surface area contributed by atoms with Crippen molar-refractivity contribution < 1.29 is 23.4 Å². The first-order chi connectivity index (χ1) is 12.6. The number of ether oxygens (including phenoxy) is 3. The Morgan fingerprint density at radius 2 is 2.00 bits per heavy atom. The van der Waals surface area contributed by atoms with Gasteiger partial charge in [-0.2, -0.15) is 0 Å². The lowest BCUT2D eigenvalue weighted by Gasteiger charge is -2.08. The minimum atomic E-state index is -0.875. The molecule has 26 heavy (non-hydrogen) atoms. The fourth-order valence-electron chi connectivity index (χ4n) is 2.12. The third-order valence-electron chi connectivity index (χ3n) is 3.29. The molecule has 0 radical (unpaired) electrons. The molecule has 0 unspecified atom stereocenters. The first-order valence-corrected chi connectivity index (χ1v) is 8.31. The minimum absolute atomic E-state index is 0.0389. The summed E-state index contributed by atoms with van der Waals surface area (Å²) in [5.74, 6) is 0.724. The molecule has 0 spiro atoms. The molecule has 0 saturated carbocycles. The van der Waals surface area contributed by atoms with Crippen molar-refractivity contribution in [2.24, 2.45) is 0 Å². The van der Waals surface area contributed by atoms with E-state index in [2.05, 4.69) is 22.5 Å². The number of carbonyl (C=O) groups excluding carboxylic acids is 1. The summed E-state index contributed by atoms with van der Waals surface area (Å²) in [4.78, 5) is 24.0. The number of benzene rings is 2. The Labute approximate surface area is 156 Å². The van der Waals surface area contributed by atoms with Gasteiger partial charge in [-0.05, 0) is 40.2 Å². The van der Waals surface area contributed by atoms with Crippen molar-refractivity contribution in [2.75, 3.05) is 6.61 Å². The Kier molecular flexibility index (Phi) is 5.38. The number of fused-ring (bicyclic) bond motifs is 1. The van der Waals surface area contributed by atoms with E-state index in [1.165, 1.54) is 30.5 Å². The molecule has 6 nitrogen and oxygen atoms in total. The van der Waals surface area contributed by atoms with Gasteiger partial charge in [0, 0.05) is 6.07 Å². The summed E-state index contributed by atoms with van der Waals surface area (Å²) >= 11 is 3.35. The van der Waals surface area contributed by atoms with Crippen molar-refractivity contribution >= 4 is 33.1 Å². The van der Waals surface area contributed by atoms with Gasteiger partial charge in [0.1, 0.15) is 30.0 Å². The van der Waals surface area contributed by atoms with Crippen LogP contribution in [0.15, 0.2) is 75.1 Å². The predicted molar refractivity (Wildman–Crippen MR) is 98.9 cm³/mol. The van der Waals surface area contributed by atoms with Gasteiger partial charge in [-0.3, -0.25) is 4.79 Å². The van der Waals surface area contributed by atoms with Crippen LogP contribution in [0.1, 0.15) is 0 Å². The molecule has 7 heteroatoms. The number of rotatable bonds is 5. The monoisotopic (exact) mass is 416 g/mol. The molecule has 0 atom stereocenters. The number of hydrogen-bond donors (Lipinski definition) is 0. The molecule has 0 fully saturated rings. The van der Waals surface area contributed by atoms with Crippen LogP contribution in [0.2, 0.25) is 0 Å². The van der Waals surface area contributed by atoms with Crippen molar-refractivity contribution in [3.63, 3.8) is 0 Å². The molecule has 0 bridgehead atoms. The lowest BCUT2D eigenvalue weighted by molar-refractivity contribution is 0.109. The van der Waals surface area contributed by atoms with E-state index in [-0.39, 0.29) is 29.1 Å². The van der Waals surface area contributed by atoms with Crippen LogP contribution in [0.4, 0.5) is 4.79 Å². The van der Waals surface area contributed by atoms with Crippen molar-refractivity contribution in [3.8, 4) is 17.2 Å². The normalized spacial score (nSPS) is 10.3. The van der Waals surface area contributed by atoms with Crippen LogP contribution in [-0.4, -0.2) is 12.8 Å². The molecular formula is C19H13BrO6. The van der Waals surface area contributed by atoms with Gasteiger partial charge in [0.05, 0.1) is 9.86 Å². The van der Waals surface area contributed by atoms with Gasteiger partial charge in [0.2, 0.25) is 11.2 Å². The van der Waals surface area contributed by atoms with E-state index >= 15 is 0 Å². The highest BCUT2D eigenvalue weighted by atomic mass is 79.9. The fourth-order valence-corrected chi connectivity index (χ4v) is 2.49. The maximum absolute atomic E-state index is 12.6. The summed E-state index contributed by atoms with van der Waals surface area (Å²) < 4.78 is 21.5. The molecule has 1 heterocycles. The molecule has 1 aromatic heterocycles. The van der Waals surface area contributed by atoms with Crippen LogP contribution >= 0.6 is 15.9 Å². The number of carbonyl (C=O) groups is 1. The Morgan fingerprint density at radius 3 is 2.77 bits per heavy atom. The van der Waals surface area contributed by atoms with E-state index < -0.39 is 6.16 Å². The second-order valence-corrected chi connectivity index (χ2v) is 5.93. The van der Waals surface area contributed by atoms with E-state index in [1.807, 2.05) is 6.07 Å². The number of halogens is 1. The molecule has 0 amide bonds. The van der Waals surface area contributed by atoms with Crippen LogP contribution in [0, 0.1) is 0 Å². The smallest absolute Gasteiger partial charge is 0.460 e. The standard InChI is InChI=1S/C19H13BrO6/c1-2-9-23-19(22)25-12-7-8-13-16(10-12)24-11-17(18(13)21)26-15-6-4-3-5-14(15)20/h2-8,10-11H,1,9H2. The molecule has 0 aliphatic rings. The predicted octanol–water partition coefficient (Wildman–Crippen LogP) is 5.05. The fraction of sp³-hybridized carbons (Fsp3) is 0.0526. The molecule has 3 rings (SSSR count). The maximum atomic E-state index is 12.6. The first kappa shape index (κ1) is 17.8. The zero-order valence-electron chi connectivity index (χ0n) is 13.4. The van der Waals surface area contributed by atoms with E-state index in [0.29, 0.717) is 15.6 Å². The Hall–Kier alpha value is -3.06. The second kappa shape index (κ2) is 7.88. The number of hydrogen-bond acceptors (Lipinski definition) is 6. The summed E-state index contributed by atoms with van der Waals surface area (Å²) in [5.41, 5.74) is -0.0914. The van der Waals surface area contributed by atoms with Gasteiger partial charge in [0.25, 0.3) is 0 Å². The van der Waals surface area contributed by atoms with Crippen molar-refractivity contribution in [1.29, 1.82) is 0 Å². The van der Waals surface area contributed by atoms with Crippen LogP contribution < -0.4 is 14.9 Å². The average molecular weight is 417 g/mol. The lowest BCUT2D eigenvalue weighted by atomic mass is 10.2. The molecular weight excluding hydrogens is 404 g/mol. The highest BCUT2D eigenvalue weighted by molar-refractivity contribution is 9.10. The van der Waals surface area contributed by atoms with E-state index in [1.54, 1.807) is 18.2 Å². The molecule has 0 aliphatic carbocycles. The van der Waals surface area contributed by atoms with E-state index in [0.717, 1.165) is 0 Å². The van der Waals surface area contributed by atoms with Gasteiger partial charge < -0.3 is 18.6 Å². The SMILES string of the molecule is C=CCOC(=O)Oc1ccc2c(=O)c(Oc3ccccc3Br)coc2c1. The third kappa shape index (κ3) is 3.94. The van der Waals surface area contributed by atoms with Crippen molar-refractivity contribution in [2.45, 2.75) is 0 Å². The second-order valence-electron chi connectivity index (χ2n) is 5.07. The minimum Gasteiger partial charge on any atom is -0.460 e. The Bertz CT molecular complexity index is 1020. The summed E-state index contributed by atoms with van der Waals surface area (Å²) in [6, 6.07) is 11.5. The average Bonchev–Trinajstić information content (AvgIpc) is 2.64. The summed E-state index contributed by atoms with van der Waals surface area (Å²) in [7, 11) is 0. The zero-order valence-corrected chi connectivity index (χ0v) is 15.0. The summed E-state index contributed by atoms with van der Waals surface area (Å²) in [5, 5.41) is 0.293. The van der Waals surface area contributed by atoms with E-state index in [9.17, 15) is 9.59 Å². The summed E-state index contributed by atoms with van der Waals surface area (Å²) in [6.07, 6.45) is 1.76. The highest BCUT2D eigenvalue weighted by Crippen LogP contribution is 2.29. The Balaban J connectivity index is 1.87. The molecule has 2 aromatic carbocycles. The van der Waals surface area contributed by atoms with Crippen molar-refractivity contribution in [3.05, 3.63) is 76.1 Å². The third-order valence-corrected chi connectivity index (χ3v) is 3.95. The maximum Gasteiger partial charge on any atom is 0.514 e. The van der Waals surface area contributed by atoms with Crippen LogP contribution in [0.25, 0.3) is 11.0 Å². The molecule has 0 saturated heterocycles. The zero-order chi connectivity index (χ0) is 18.5. The van der Waals surface area contributed by atoms with Crippen LogP contribution in [-0.2, 0) is 4.74 Å². The van der Waals surface area contributed by atoms with Crippen molar-refractivity contribution in [1.82, 2.24) is 0 Å². The quantitative estimate of drug-likeness (QED) is 0.329. The highest BCUT2D eigenvalue weighted by Gasteiger charge is 2.13. The Morgan fingerprint density at radius 1 is 1.19 bits per heavy atom. The molecule has 132 valence electrons. The van der Waals surface area contributed by atoms with Crippen LogP contribution in [0.5, 0.6) is 17.2 Å². The summed E-state index contributed by atoms with van der Waals surface area (Å²) in [6.45, 7) is 3.48. The topological polar surface area (TPSA) is 75.0 Å². The molecule has 0 aliphatic heterocycles. The lowest BCUT2D eigenvalue weighted by Crippen LogP contribution is -2.10.